The van der Waals surface area contributed by atoms with E-state index in [1.54, 1.807) is 6.92 Å². The van der Waals surface area contributed by atoms with E-state index in [-0.39, 0.29) is 11.5 Å². The Morgan fingerprint density at radius 2 is 2.00 bits per heavy atom. The number of anilines is 1. The standard InChI is InChI=1S/C21H20N2O2/c1-14-12-17-8-6-15(13-18(17)22-21(14)25)7-9-20(24)23-11-10-16-4-2-3-5-19(16)23/h2-6,8,12-13H,7,9-11H2,1H3,(H,22,25). The van der Waals surface area contributed by atoms with Gasteiger partial charge in [0.15, 0.2) is 0 Å². The summed E-state index contributed by atoms with van der Waals surface area (Å²) < 4.78 is 0. The van der Waals surface area contributed by atoms with Crippen LogP contribution in [-0.2, 0) is 17.6 Å². The highest BCUT2D eigenvalue weighted by atomic mass is 16.2. The number of carbonyl (C=O) groups excluding carboxylic acids is 1. The number of pyridine rings is 1. The number of rotatable bonds is 3. The molecule has 0 saturated heterocycles. The average molecular weight is 332 g/mol. The van der Waals surface area contributed by atoms with Gasteiger partial charge in [0, 0.05) is 29.7 Å². The largest absolute Gasteiger partial charge is 0.322 e. The molecule has 0 aliphatic carbocycles. The summed E-state index contributed by atoms with van der Waals surface area (Å²) >= 11 is 0. The van der Waals surface area contributed by atoms with Gasteiger partial charge in [-0.2, -0.15) is 0 Å². The van der Waals surface area contributed by atoms with Crippen LogP contribution in [0.25, 0.3) is 10.9 Å². The predicted octanol–water partition coefficient (Wildman–Crippen LogP) is 3.36. The Bertz CT molecular complexity index is 1020. The van der Waals surface area contributed by atoms with E-state index in [1.165, 1.54) is 5.56 Å². The van der Waals surface area contributed by atoms with Crippen LogP contribution in [-0.4, -0.2) is 17.4 Å². The molecule has 0 unspecified atom stereocenters. The zero-order valence-corrected chi connectivity index (χ0v) is 14.2. The third-order valence-electron chi connectivity index (χ3n) is 4.91. The molecule has 4 rings (SSSR count). The number of para-hydroxylation sites is 1. The highest BCUT2D eigenvalue weighted by Gasteiger charge is 2.23. The quantitative estimate of drug-likeness (QED) is 0.799. The first-order valence-electron chi connectivity index (χ1n) is 8.63. The molecule has 3 aromatic rings. The summed E-state index contributed by atoms with van der Waals surface area (Å²) in [5.74, 6) is 0.155. The van der Waals surface area contributed by atoms with Crippen molar-refractivity contribution < 1.29 is 4.79 Å². The first-order valence-corrected chi connectivity index (χ1v) is 8.63. The fourth-order valence-electron chi connectivity index (χ4n) is 3.50. The molecule has 4 heteroatoms. The number of fused-ring (bicyclic) bond motifs is 2. The van der Waals surface area contributed by atoms with E-state index in [9.17, 15) is 9.59 Å². The van der Waals surface area contributed by atoms with Gasteiger partial charge in [-0.25, -0.2) is 0 Å². The molecule has 0 saturated carbocycles. The van der Waals surface area contributed by atoms with Crippen LogP contribution in [0.2, 0.25) is 0 Å². The first kappa shape index (κ1) is 15.6. The molecule has 1 N–H and O–H groups in total. The molecule has 1 amide bonds. The maximum Gasteiger partial charge on any atom is 0.251 e. The summed E-state index contributed by atoms with van der Waals surface area (Å²) in [5, 5.41) is 1.01. The summed E-state index contributed by atoms with van der Waals surface area (Å²) in [6.07, 6.45) is 2.07. The van der Waals surface area contributed by atoms with Gasteiger partial charge in [-0.3, -0.25) is 9.59 Å². The molecular formula is C21H20N2O2. The van der Waals surface area contributed by atoms with Gasteiger partial charge in [-0.05, 0) is 54.5 Å². The van der Waals surface area contributed by atoms with Gasteiger partial charge in [0.2, 0.25) is 5.91 Å². The Hall–Kier alpha value is -2.88. The number of carbonyl (C=O) groups is 1. The van der Waals surface area contributed by atoms with Crippen molar-refractivity contribution in [1.29, 1.82) is 0 Å². The van der Waals surface area contributed by atoms with Crippen LogP contribution < -0.4 is 10.5 Å². The zero-order chi connectivity index (χ0) is 17.4. The van der Waals surface area contributed by atoms with Gasteiger partial charge in [0.1, 0.15) is 0 Å². The molecule has 0 spiro atoms. The summed E-state index contributed by atoms with van der Waals surface area (Å²) in [6.45, 7) is 2.57. The lowest BCUT2D eigenvalue weighted by Gasteiger charge is -2.17. The van der Waals surface area contributed by atoms with Gasteiger partial charge >= 0.3 is 0 Å². The number of aromatic amines is 1. The van der Waals surface area contributed by atoms with Crippen LogP contribution in [0, 0.1) is 6.92 Å². The molecule has 0 bridgehead atoms. The smallest absolute Gasteiger partial charge is 0.251 e. The van der Waals surface area contributed by atoms with Crippen molar-refractivity contribution in [3.8, 4) is 0 Å². The summed E-state index contributed by atoms with van der Waals surface area (Å²) in [5.41, 5.74) is 4.83. The van der Waals surface area contributed by atoms with Crippen molar-refractivity contribution in [3.05, 3.63) is 75.6 Å². The average Bonchev–Trinajstić information content (AvgIpc) is 3.05. The van der Waals surface area contributed by atoms with Crippen molar-refractivity contribution in [3.63, 3.8) is 0 Å². The second-order valence-corrected chi connectivity index (χ2v) is 6.63. The summed E-state index contributed by atoms with van der Waals surface area (Å²) in [6, 6.07) is 16.0. The molecule has 1 aliphatic heterocycles. The molecule has 1 aliphatic rings. The lowest BCUT2D eigenvalue weighted by atomic mass is 10.1. The molecule has 4 nitrogen and oxygen atoms in total. The van der Waals surface area contributed by atoms with Gasteiger partial charge in [-0.15, -0.1) is 0 Å². The number of nitrogens with zero attached hydrogens (tertiary/aromatic N) is 1. The van der Waals surface area contributed by atoms with Crippen molar-refractivity contribution in [1.82, 2.24) is 4.98 Å². The molecule has 126 valence electrons. The maximum atomic E-state index is 12.6. The highest BCUT2D eigenvalue weighted by molar-refractivity contribution is 5.95. The minimum Gasteiger partial charge on any atom is -0.322 e. The fraction of sp³-hybridized carbons (Fsp3) is 0.238. The fourth-order valence-corrected chi connectivity index (χ4v) is 3.50. The Morgan fingerprint density at radius 3 is 2.88 bits per heavy atom. The monoisotopic (exact) mass is 332 g/mol. The van der Waals surface area contributed by atoms with Crippen molar-refractivity contribution in [2.24, 2.45) is 0 Å². The second-order valence-electron chi connectivity index (χ2n) is 6.63. The Labute approximate surface area is 146 Å². The van der Waals surface area contributed by atoms with E-state index < -0.39 is 0 Å². The van der Waals surface area contributed by atoms with Gasteiger partial charge in [0.25, 0.3) is 5.56 Å². The van der Waals surface area contributed by atoms with Crippen LogP contribution in [0.1, 0.15) is 23.1 Å². The van der Waals surface area contributed by atoms with E-state index >= 15 is 0 Å². The Morgan fingerprint density at radius 1 is 1.16 bits per heavy atom. The minimum atomic E-state index is -0.0607. The molecule has 0 atom stereocenters. The van der Waals surface area contributed by atoms with E-state index in [4.69, 9.17) is 0 Å². The number of hydrogen-bond donors (Lipinski definition) is 1. The maximum absolute atomic E-state index is 12.6. The third kappa shape index (κ3) is 2.95. The van der Waals surface area contributed by atoms with E-state index in [0.29, 0.717) is 18.4 Å². The summed E-state index contributed by atoms with van der Waals surface area (Å²) in [4.78, 5) is 29.2. The van der Waals surface area contributed by atoms with Crippen LogP contribution >= 0.6 is 0 Å². The number of aryl methyl sites for hydroxylation is 2. The SMILES string of the molecule is Cc1cc2ccc(CCC(=O)N3CCc4ccccc43)cc2[nH]c1=O. The van der Waals surface area contributed by atoms with Crippen molar-refractivity contribution in [2.75, 3.05) is 11.4 Å². The molecule has 0 fully saturated rings. The van der Waals surface area contributed by atoms with Crippen LogP contribution in [0.15, 0.2) is 53.3 Å². The zero-order valence-electron chi connectivity index (χ0n) is 14.2. The van der Waals surface area contributed by atoms with Crippen LogP contribution in [0.3, 0.4) is 0 Å². The highest BCUT2D eigenvalue weighted by Crippen LogP contribution is 2.28. The molecule has 2 heterocycles. The number of hydrogen-bond acceptors (Lipinski definition) is 2. The summed E-state index contributed by atoms with van der Waals surface area (Å²) in [7, 11) is 0. The van der Waals surface area contributed by atoms with Crippen LogP contribution in [0.5, 0.6) is 0 Å². The van der Waals surface area contributed by atoms with Crippen molar-refractivity contribution in [2.45, 2.75) is 26.2 Å². The lowest BCUT2D eigenvalue weighted by molar-refractivity contribution is -0.118. The van der Waals surface area contributed by atoms with E-state index in [0.717, 1.165) is 35.1 Å². The number of benzene rings is 2. The van der Waals surface area contributed by atoms with Crippen molar-refractivity contribution >= 4 is 22.5 Å². The minimum absolute atomic E-state index is 0.0607. The van der Waals surface area contributed by atoms with Gasteiger partial charge in [0.05, 0.1) is 0 Å². The third-order valence-corrected chi connectivity index (χ3v) is 4.91. The molecular weight excluding hydrogens is 312 g/mol. The molecule has 1 aromatic heterocycles. The number of aromatic nitrogens is 1. The number of amides is 1. The number of nitrogens with one attached hydrogen (secondary N) is 1. The van der Waals surface area contributed by atoms with Gasteiger partial charge in [-0.1, -0.05) is 30.3 Å². The molecule has 0 radical (unpaired) electrons. The Balaban J connectivity index is 1.50. The normalized spacial score (nSPS) is 13.2. The lowest BCUT2D eigenvalue weighted by Crippen LogP contribution is -2.29. The van der Waals surface area contributed by atoms with E-state index in [1.807, 2.05) is 47.4 Å². The number of H-pyrrole nitrogens is 1. The van der Waals surface area contributed by atoms with Gasteiger partial charge < -0.3 is 9.88 Å². The topological polar surface area (TPSA) is 53.2 Å². The second kappa shape index (κ2) is 6.20. The van der Waals surface area contributed by atoms with E-state index in [2.05, 4.69) is 11.1 Å². The molecule has 2 aromatic carbocycles. The Kier molecular flexibility index (Phi) is 3.88. The molecule has 25 heavy (non-hydrogen) atoms. The first-order chi connectivity index (χ1) is 12.1. The van der Waals surface area contributed by atoms with Crippen LogP contribution in [0.4, 0.5) is 5.69 Å². The predicted molar refractivity (Wildman–Crippen MR) is 100 cm³/mol.